The molecule has 0 spiro atoms. The average Bonchev–Trinajstić information content (AvgIpc) is 3.30. The number of hydrogen-bond donors (Lipinski definition) is 1. The molecule has 0 aliphatic heterocycles. The minimum atomic E-state index is -1.38. The van der Waals surface area contributed by atoms with Crippen molar-refractivity contribution < 1.29 is 23.8 Å². The van der Waals surface area contributed by atoms with Crippen LogP contribution < -0.4 is 5.11 Å². The van der Waals surface area contributed by atoms with Crippen molar-refractivity contribution in [1.82, 2.24) is 15.2 Å². The number of nitrogens with one attached hydrogen (secondary N) is 1. The van der Waals surface area contributed by atoms with Gasteiger partial charge in [-0.3, -0.25) is 5.10 Å². The van der Waals surface area contributed by atoms with Crippen molar-refractivity contribution >= 4 is 41.4 Å². The minimum absolute atomic E-state index is 0.119. The summed E-state index contributed by atoms with van der Waals surface area (Å²) in [5.41, 5.74) is 0.776. The van der Waals surface area contributed by atoms with Gasteiger partial charge in [0.05, 0.1) is 23.7 Å². The van der Waals surface area contributed by atoms with Crippen molar-refractivity contribution in [3.05, 3.63) is 57.4 Å². The van der Waals surface area contributed by atoms with E-state index in [9.17, 15) is 14.7 Å². The normalized spacial score (nSPS) is 11.5. The number of halogens is 1. The summed E-state index contributed by atoms with van der Waals surface area (Å²) < 4.78 is 10.4. The van der Waals surface area contributed by atoms with E-state index in [0.717, 1.165) is 11.8 Å². The fourth-order valence-corrected chi connectivity index (χ4v) is 3.18. The van der Waals surface area contributed by atoms with Gasteiger partial charge < -0.3 is 19.1 Å². The molecular weight excluding hydrogens is 406 g/mol. The highest BCUT2D eigenvalue weighted by atomic mass is 35.5. The molecule has 3 aromatic rings. The van der Waals surface area contributed by atoms with Gasteiger partial charge in [0, 0.05) is 10.5 Å². The molecule has 8 nitrogen and oxygen atoms in total. The lowest BCUT2D eigenvalue weighted by molar-refractivity contribution is -0.298. The second-order valence-corrected chi connectivity index (χ2v) is 6.91. The monoisotopic (exact) mass is 418 g/mol. The van der Waals surface area contributed by atoms with Gasteiger partial charge in [0.1, 0.15) is 17.3 Å². The van der Waals surface area contributed by atoms with Crippen LogP contribution in [-0.2, 0) is 9.53 Å². The number of thioether (sulfide) groups is 1. The summed E-state index contributed by atoms with van der Waals surface area (Å²) in [5.74, 6) is -0.696. The Bertz CT molecular complexity index is 1070. The van der Waals surface area contributed by atoms with Gasteiger partial charge in [-0.15, -0.1) is 5.10 Å². The summed E-state index contributed by atoms with van der Waals surface area (Å²) in [6.07, 6.45) is 1.31. The molecule has 0 aliphatic rings. The number of ether oxygens (including phenoxy) is 1. The van der Waals surface area contributed by atoms with Gasteiger partial charge in [-0.25, -0.2) is 9.78 Å². The number of nitrogens with zero attached hydrogens (tertiary/aromatic N) is 2. The van der Waals surface area contributed by atoms with E-state index in [0.29, 0.717) is 17.1 Å². The van der Waals surface area contributed by atoms with Gasteiger partial charge in [0.25, 0.3) is 0 Å². The van der Waals surface area contributed by atoms with Crippen molar-refractivity contribution in [3.63, 3.8) is 0 Å². The summed E-state index contributed by atoms with van der Waals surface area (Å²) >= 11 is 6.85. The molecule has 144 valence electrons. The van der Waals surface area contributed by atoms with Crippen LogP contribution in [-0.4, -0.2) is 34.2 Å². The van der Waals surface area contributed by atoms with E-state index in [2.05, 4.69) is 15.2 Å². The smallest absolute Gasteiger partial charge is 0.339 e. The van der Waals surface area contributed by atoms with E-state index in [1.54, 1.807) is 31.2 Å². The number of H-pyrrole nitrogens is 1. The maximum Gasteiger partial charge on any atom is 0.339 e. The molecule has 0 amide bonds. The molecule has 28 heavy (non-hydrogen) atoms. The van der Waals surface area contributed by atoms with Crippen LogP contribution in [0.3, 0.4) is 0 Å². The third-order valence-corrected chi connectivity index (χ3v) is 4.73. The van der Waals surface area contributed by atoms with Gasteiger partial charge in [-0.05, 0) is 55.1 Å². The van der Waals surface area contributed by atoms with E-state index in [1.807, 2.05) is 0 Å². The molecule has 0 unspecified atom stereocenters. The summed E-state index contributed by atoms with van der Waals surface area (Å²) in [7, 11) is 1.26. The number of carboxylic acids is 1. The van der Waals surface area contributed by atoms with Crippen LogP contribution in [0.2, 0.25) is 5.02 Å². The fourth-order valence-electron chi connectivity index (χ4n) is 2.26. The molecule has 0 bridgehead atoms. The lowest BCUT2D eigenvalue weighted by Crippen LogP contribution is -2.23. The summed E-state index contributed by atoms with van der Waals surface area (Å²) in [5, 5.41) is 18.4. The quantitative estimate of drug-likeness (QED) is 0.368. The maximum absolute atomic E-state index is 11.8. The van der Waals surface area contributed by atoms with Crippen LogP contribution in [0.25, 0.3) is 17.4 Å². The first-order valence-corrected chi connectivity index (χ1v) is 9.05. The van der Waals surface area contributed by atoms with E-state index in [1.165, 1.54) is 19.3 Å². The van der Waals surface area contributed by atoms with Crippen molar-refractivity contribution in [2.45, 2.75) is 12.1 Å². The number of aryl methyl sites for hydroxylation is 1. The molecule has 0 atom stereocenters. The zero-order valence-electron chi connectivity index (χ0n) is 14.7. The topological polar surface area (TPSA) is 121 Å². The third kappa shape index (κ3) is 4.44. The fraction of sp³-hybridized carbons (Fsp3) is 0.111. The number of hydrogen-bond acceptors (Lipinski definition) is 8. The third-order valence-electron chi connectivity index (χ3n) is 3.54. The number of aromatic nitrogens is 3. The SMILES string of the molecule is COC(=O)c1cc(-c2ccc(/C=C(/Sc3n[nH]c(C)n3)C(=O)[O-])o2)ccc1Cl. The number of benzene rings is 1. The number of furan rings is 1. The Labute approximate surface area is 168 Å². The molecule has 1 N–H and O–H groups in total. The zero-order valence-corrected chi connectivity index (χ0v) is 16.3. The lowest BCUT2D eigenvalue weighted by atomic mass is 10.1. The van der Waals surface area contributed by atoms with Gasteiger partial charge in [-0.2, -0.15) is 0 Å². The Morgan fingerprint density at radius 1 is 1.32 bits per heavy atom. The molecule has 1 aromatic carbocycles. The van der Waals surface area contributed by atoms with Crippen molar-refractivity contribution in [2.24, 2.45) is 0 Å². The van der Waals surface area contributed by atoms with E-state index in [-0.39, 0.29) is 26.4 Å². The molecule has 0 saturated heterocycles. The number of carboxylic acid groups (broad SMARTS) is 1. The molecule has 3 rings (SSSR count). The van der Waals surface area contributed by atoms with Crippen LogP contribution in [0.15, 0.2) is 44.8 Å². The molecule has 2 heterocycles. The predicted octanol–water partition coefficient (Wildman–Crippen LogP) is 2.70. The van der Waals surface area contributed by atoms with Crippen molar-refractivity contribution in [3.8, 4) is 11.3 Å². The number of aliphatic carboxylic acids is 1. The predicted molar refractivity (Wildman–Crippen MR) is 100 cm³/mol. The minimum Gasteiger partial charge on any atom is -0.544 e. The molecule has 10 heteroatoms. The lowest BCUT2D eigenvalue weighted by Gasteiger charge is -2.05. The Morgan fingerprint density at radius 2 is 2.11 bits per heavy atom. The van der Waals surface area contributed by atoms with Crippen molar-refractivity contribution in [2.75, 3.05) is 7.11 Å². The summed E-state index contributed by atoms with van der Waals surface area (Å²) in [6.45, 7) is 1.70. The van der Waals surface area contributed by atoms with Gasteiger partial charge >= 0.3 is 5.97 Å². The Morgan fingerprint density at radius 3 is 2.75 bits per heavy atom. The molecule has 0 aliphatic carbocycles. The number of methoxy groups -OCH3 is 1. The van der Waals surface area contributed by atoms with Crippen LogP contribution in [0, 0.1) is 6.92 Å². The summed E-state index contributed by atoms with van der Waals surface area (Å²) in [6, 6.07) is 7.99. The average molecular weight is 419 g/mol. The first-order valence-electron chi connectivity index (χ1n) is 7.85. The van der Waals surface area contributed by atoms with E-state index in [4.69, 9.17) is 20.8 Å². The van der Waals surface area contributed by atoms with E-state index >= 15 is 0 Å². The van der Waals surface area contributed by atoms with E-state index < -0.39 is 11.9 Å². The van der Waals surface area contributed by atoms with Gasteiger partial charge in [0.15, 0.2) is 0 Å². The summed E-state index contributed by atoms with van der Waals surface area (Å²) in [4.78, 5) is 27.1. The number of aromatic amines is 1. The van der Waals surface area contributed by atoms with Crippen LogP contribution in [0.5, 0.6) is 0 Å². The Hall–Kier alpha value is -3.04. The first-order chi connectivity index (χ1) is 13.4. The van der Waals surface area contributed by atoms with Gasteiger partial charge in [-0.1, -0.05) is 11.6 Å². The number of rotatable bonds is 6. The molecule has 0 saturated carbocycles. The maximum atomic E-state index is 11.8. The zero-order chi connectivity index (χ0) is 20.3. The van der Waals surface area contributed by atoms with Crippen LogP contribution in [0.1, 0.15) is 21.9 Å². The molecular formula is C18H13ClN3O5S-. The second-order valence-electron chi connectivity index (χ2n) is 5.49. The standard InChI is InChI=1S/C18H14ClN3O5S/c1-9-20-18(22-21-9)28-15(16(23)24)8-11-4-6-14(27-11)10-3-5-13(19)12(7-10)17(25)26-2/h3-8H,1-2H3,(H,23,24)(H,20,21,22)/p-1/b15-8+. The number of carbonyl (C=O) groups is 2. The highest BCUT2D eigenvalue weighted by Gasteiger charge is 2.14. The molecule has 0 fully saturated rings. The van der Waals surface area contributed by atoms with Crippen LogP contribution in [0.4, 0.5) is 0 Å². The second kappa shape index (κ2) is 8.32. The Kier molecular flexibility index (Phi) is 5.86. The van der Waals surface area contributed by atoms with Crippen molar-refractivity contribution in [1.29, 1.82) is 0 Å². The highest BCUT2D eigenvalue weighted by molar-refractivity contribution is 8.04. The highest BCUT2D eigenvalue weighted by Crippen LogP contribution is 2.30. The number of esters is 1. The Balaban J connectivity index is 1.89. The first kappa shape index (κ1) is 19.7. The van der Waals surface area contributed by atoms with Crippen LogP contribution >= 0.6 is 23.4 Å². The molecule has 0 radical (unpaired) electrons. The number of carbonyl (C=O) groups excluding carboxylic acids is 2. The largest absolute Gasteiger partial charge is 0.544 e. The van der Waals surface area contributed by atoms with Gasteiger partial charge in [0.2, 0.25) is 5.16 Å². The molecule has 2 aromatic heterocycles.